The van der Waals surface area contributed by atoms with Gasteiger partial charge in [-0.3, -0.25) is 14.4 Å². The molecule has 0 aliphatic carbocycles. The van der Waals surface area contributed by atoms with Crippen LogP contribution in [0.25, 0.3) is 0 Å². The van der Waals surface area contributed by atoms with Gasteiger partial charge in [-0.1, -0.05) is 12.1 Å². The number of amides is 3. The molecule has 7 nitrogen and oxygen atoms in total. The molecule has 2 N–H and O–H groups in total. The molecule has 3 amide bonds. The number of hydrogen-bond donors (Lipinski definition) is 2. The molecule has 1 atom stereocenters. The van der Waals surface area contributed by atoms with Crippen molar-refractivity contribution in [3.05, 3.63) is 65.5 Å². The third-order valence-electron chi connectivity index (χ3n) is 5.98. The third-order valence-corrected chi connectivity index (χ3v) is 5.98. The molecule has 2 fully saturated rings. The standard InChI is InChI=1S/C24H27FN4O3/c25-20-7-5-18(6-8-20)24(32)29-12-1-2-19(15-29)23(31)27-14-17-3-9-21(10-4-17)28-13-11-26-22(30)16-28/h3-10,19H,1-2,11-16H2,(H,26,30)(H,27,31). The monoisotopic (exact) mass is 438 g/mol. The zero-order valence-electron chi connectivity index (χ0n) is 17.9. The molecule has 2 aromatic rings. The maximum absolute atomic E-state index is 13.1. The number of nitrogens with one attached hydrogen (secondary N) is 2. The lowest BCUT2D eigenvalue weighted by molar-refractivity contribution is -0.126. The molecule has 0 saturated carbocycles. The van der Waals surface area contributed by atoms with Gasteiger partial charge in [-0.2, -0.15) is 0 Å². The predicted molar refractivity (Wildman–Crippen MR) is 119 cm³/mol. The molecule has 2 saturated heterocycles. The van der Waals surface area contributed by atoms with E-state index in [-0.39, 0.29) is 29.5 Å². The Bertz CT molecular complexity index is 978. The first-order chi connectivity index (χ1) is 15.5. The molecule has 168 valence electrons. The largest absolute Gasteiger partial charge is 0.360 e. The molecule has 2 aromatic carbocycles. The number of hydrogen-bond acceptors (Lipinski definition) is 4. The number of benzene rings is 2. The van der Waals surface area contributed by atoms with E-state index in [2.05, 4.69) is 10.6 Å². The molecule has 0 bridgehead atoms. The van der Waals surface area contributed by atoms with Crippen molar-refractivity contribution >= 4 is 23.4 Å². The Morgan fingerprint density at radius 2 is 1.81 bits per heavy atom. The average molecular weight is 439 g/mol. The molecular formula is C24H27FN4O3. The summed E-state index contributed by atoms with van der Waals surface area (Å²) in [6.45, 7) is 3.12. The molecule has 1 unspecified atom stereocenters. The third kappa shape index (κ3) is 5.25. The van der Waals surface area contributed by atoms with Gasteiger partial charge in [0, 0.05) is 44.0 Å². The van der Waals surface area contributed by atoms with E-state index in [0.29, 0.717) is 38.3 Å². The van der Waals surface area contributed by atoms with E-state index in [4.69, 9.17) is 0 Å². The van der Waals surface area contributed by atoms with Crippen LogP contribution in [0.2, 0.25) is 0 Å². The van der Waals surface area contributed by atoms with Crippen LogP contribution in [0.1, 0.15) is 28.8 Å². The lowest BCUT2D eigenvalue weighted by Gasteiger charge is -2.32. The van der Waals surface area contributed by atoms with Crippen LogP contribution < -0.4 is 15.5 Å². The fraction of sp³-hybridized carbons (Fsp3) is 0.375. The number of piperidine rings is 1. The van der Waals surface area contributed by atoms with Gasteiger partial charge in [0.05, 0.1) is 12.5 Å². The molecule has 2 aliphatic rings. The van der Waals surface area contributed by atoms with E-state index >= 15 is 0 Å². The number of carbonyl (C=O) groups is 3. The van der Waals surface area contributed by atoms with Crippen LogP contribution in [0.4, 0.5) is 10.1 Å². The number of anilines is 1. The summed E-state index contributed by atoms with van der Waals surface area (Å²) in [4.78, 5) is 40.7. The first-order valence-electron chi connectivity index (χ1n) is 10.9. The molecular weight excluding hydrogens is 411 g/mol. The minimum atomic E-state index is -0.382. The Labute approximate surface area is 186 Å². The fourth-order valence-corrected chi connectivity index (χ4v) is 4.17. The van der Waals surface area contributed by atoms with Crippen molar-refractivity contribution in [3.63, 3.8) is 0 Å². The van der Waals surface area contributed by atoms with Gasteiger partial charge in [-0.15, -0.1) is 0 Å². The SMILES string of the molecule is O=C1CN(c2ccc(CNC(=O)C3CCCN(C(=O)c4ccc(F)cc4)C3)cc2)CCN1. The van der Waals surface area contributed by atoms with Gasteiger partial charge in [-0.25, -0.2) is 4.39 Å². The van der Waals surface area contributed by atoms with Gasteiger partial charge in [-0.05, 0) is 54.8 Å². The number of piperazine rings is 1. The highest BCUT2D eigenvalue weighted by Crippen LogP contribution is 2.20. The topological polar surface area (TPSA) is 81.8 Å². The van der Waals surface area contributed by atoms with Crippen LogP contribution in [-0.4, -0.2) is 55.3 Å². The van der Waals surface area contributed by atoms with Crippen molar-refractivity contribution in [3.8, 4) is 0 Å². The van der Waals surface area contributed by atoms with Crippen LogP contribution in [0.5, 0.6) is 0 Å². The lowest BCUT2D eigenvalue weighted by atomic mass is 9.96. The Morgan fingerprint density at radius 1 is 1.06 bits per heavy atom. The molecule has 8 heteroatoms. The summed E-state index contributed by atoms with van der Waals surface area (Å²) in [7, 11) is 0. The fourth-order valence-electron chi connectivity index (χ4n) is 4.17. The van der Waals surface area contributed by atoms with E-state index < -0.39 is 0 Å². The molecule has 0 spiro atoms. The highest BCUT2D eigenvalue weighted by atomic mass is 19.1. The lowest BCUT2D eigenvalue weighted by Crippen LogP contribution is -2.47. The van der Waals surface area contributed by atoms with Gasteiger partial charge in [0.25, 0.3) is 5.91 Å². The van der Waals surface area contributed by atoms with Crippen LogP contribution >= 0.6 is 0 Å². The normalized spacial score (nSPS) is 18.8. The van der Waals surface area contributed by atoms with E-state index in [1.54, 1.807) is 4.90 Å². The van der Waals surface area contributed by atoms with Crippen molar-refractivity contribution in [1.82, 2.24) is 15.5 Å². The summed E-state index contributed by atoms with van der Waals surface area (Å²) >= 11 is 0. The Balaban J connectivity index is 1.29. The molecule has 4 rings (SSSR count). The second-order valence-corrected chi connectivity index (χ2v) is 8.25. The van der Waals surface area contributed by atoms with Gasteiger partial charge in [0.15, 0.2) is 0 Å². The van der Waals surface area contributed by atoms with Gasteiger partial charge >= 0.3 is 0 Å². The van der Waals surface area contributed by atoms with E-state index in [0.717, 1.165) is 30.6 Å². The summed E-state index contributed by atoms with van der Waals surface area (Å²) in [5, 5.41) is 5.79. The summed E-state index contributed by atoms with van der Waals surface area (Å²) < 4.78 is 13.1. The smallest absolute Gasteiger partial charge is 0.253 e. The Kier molecular flexibility index (Phi) is 6.68. The van der Waals surface area contributed by atoms with E-state index in [1.165, 1.54) is 24.3 Å². The highest BCUT2D eigenvalue weighted by Gasteiger charge is 2.28. The molecule has 2 heterocycles. The van der Waals surface area contributed by atoms with Crippen molar-refractivity contribution < 1.29 is 18.8 Å². The van der Waals surface area contributed by atoms with Crippen molar-refractivity contribution in [2.45, 2.75) is 19.4 Å². The van der Waals surface area contributed by atoms with Crippen molar-refractivity contribution in [1.29, 1.82) is 0 Å². The summed E-state index contributed by atoms with van der Waals surface area (Å²) in [5.74, 6) is -0.874. The molecule has 32 heavy (non-hydrogen) atoms. The van der Waals surface area contributed by atoms with Gasteiger partial charge in [0.2, 0.25) is 11.8 Å². The second-order valence-electron chi connectivity index (χ2n) is 8.25. The van der Waals surface area contributed by atoms with Crippen molar-refractivity contribution in [2.75, 3.05) is 37.6 Å². The molecule has 0 aromatic heterocycles. The van der Waals surface area contributed by atoms with Gasteiger partial charge < -0.3 is 20.4 Å². The zero-order chi connectivity index (χ0) is 22.5. The van der Waals surface area contributed by atoms with E-state index in [1.807, 2.05) is 29.2 Å². The number of halogens is 1. The summed E-state index contributed by atoms with van der Waals surface area (Å²) in [6, 6.07) is 13.3. The maximum Gasteiger partial charge on any atom is 0.253 e. The maximum atomic E-state index is 13.1. The predicted octanol–water partition coefficient (Wildman–Crippen LogP) is 1.93. The van der Waals surface area contributed by atoms with Crippen LogP contribution in [0.3, 0.4) is 0 Å². The first kappa shape index (κ1) is 21.8. The average Bonchev–Trinajstić information content (AvgIpc) is 2.83. The number of rotatable bonds is 5. The summed E-state index contributed by atoms with van der Waals surface area (Å²) in [5.41, 5.74) is 2.38. The Morgan fingerprint density at radius 3 is 2.53 bits per heavy atom. The van der Waals surface area contributed by atoms with Crippen LogP contribution in [-0.2, 0) is 16.1 Å². The minimum absolute atomic E-state index is 0.0204. The minimum Gasteiger partial charge on any atom is -0.360 e. The van der Waals surface area contributed by atoms with E-state index in [9.17, 15) is 18.8 Å². The van der Waals surface area contributed by atoms with Gasteiger partial charge in [0.1, 0.15) is 5.82 Å². The first-order valence-corrected chi connectivity index (χ1v) is 10.9. The van der Waals surface area contributed by atoms with Crippen molar-refractivity contribution in [2.24, 2.45) is 5.92 Å². The second kappa shape index (κ2) is 9.80. The number of carbonyl (C=O) groups excluding carboxylic acids is 3. The zero-order valence-corrected chi connectivity index (χ0v) is 17.9. The molecule has 2 aliphatic heterocycles. The summed E-state index contributed by atoms with van der Waals surface area (Å²) in [6.07, 6.45) is 1.48. The Hall–Kier alpha value is -3.42. The number of likely N-dealkylation sites (tertiary alicyclic amines) is 1. The molecule has 0 radical (unpaired) electrons. The quantitative estimate of drug-likeness (QED) is 0.748. The highest BCUT2D eigenvalue weighted by molar-refractivity contribution is 5.94. The van der Waals surface area contributed by atoms with Crippen LogP contribution in [0, 0.1) is 11.7 Å². The van der Waals surface area contributed by atoms with Crippen LogP contribution in [0.15, 0.2) is 48.5 Å². The number of nitrogens with zero attached hydrogens (tertiary/aromatic N) is 2.